The number of nitrogens with zero attached hydrogens (tertiary/aromatic N) is 4. The van der Waals surface area contributed by atoms with E-state index in [2.05, 4.69) is 37.9 Å². The number of fused-ring (bicyclic) bond motifs is 3. The Kier molecular flexibility index (Phi) is 8.91. The molecular weight excluding hydrogens is 664 g/mol. The Morgan fingerprint density at radius 3 is 2.35 bits per heavy atom. The van der Waals surface area contributed by atoms with Crippen molar-refractivity contribution in [1.29, 1.82) is 0 Å². The molecule has 9 nitrogen and oxygen atoms in total. The molecule has 6 aromatic rings. The molecule has 5 heterocycles. The molecule has 1 N–H and O–H groups in total. The largest absolute Gasteiger partial charge is 0.508 e. The first-order valence-corrected chi connectivity index (χ1v) is 16.8. The van der Waals surface area contributed by atoms with Gasteiger partial charge in [-0.2, -0.15) is 0 Å². The Hall–Kier alpha value is -5.80. The molecule has 3 aromatic carbocycles. The molecule has 3 aromatic heterocycles. The molecule has 8 rings (SSSR count). The number of amides is 2. The van der Waals surface area contributed by atoms with Crippen LogP contribution in [0.3, 0.4) is 0 Å². The topological polar surface area (TPSA) is 96.6 Å². The number of aromatic hydroxyl groups is 1. The van der Waals surface area contributed by atoms with E-state index in [-0.39, 0.29) is 48.7 Å². The lowest BCUT2D eigenvalue weighted by atomic mass is 9.93. The molecular formula is C41H37ClN4O5. The van der Waals surface area contributed by atoms with Gasteiger partial charge in [0.05, 0.1) is 28.0 Å². The van der Waals surface area contributed by atoms with Crippen LogP contribution in [0.15, 0.2) is 109 Å². The van der Waals surface area contributed by atoms with E-state index in [9.17, 15) is 14.7 Å². The first-order valence-electron chi connectivity index (χ1n) is 16.8. The molecule has 2 aliphatic heterocycles. The van der Waals surface area contributed by atoms with Crippen molar-refractivity contribution in [3.63, 3.8) is 0 Å². The van der Waals surface area contributed by atoms with E-state index < -0.39 is 0 Å². The number of hydrogen-bond donors (Lipinski definition) is 1. The first kappa shape index (κ1) is 33.7. The number of benzene rings is 3. The monoisotopic (exact) mass is 700 g/mol. The Labute approximate surface area is 302 Å². The number of phenols is 1. The van der Waals surface area contributed by atoms with Crippen LogP contribution in [0, 0.1) is 0 Å². The molecule has 0 bridgehead atoms. The molecule has 258 valence electrons. The smallest absolute Gasteiger partial charge is 0.265 e. The van der Waals surface area contributed by atoms with Gasteiger partial charge in [-0.1, -0.05) is 44.2 Å². The number of aromatic nitrogens is 2. The fourth-order valence-electron chi connectivity index (χ4n) is 6.97. The maximum atomic E-state index is 14.9. The van der Waals surface area contributed by atoms with E-state index >= 15 is 0 Å². The lowest BCUT2D eigenvalue weighted by molar-refractivity contribution is 0.0658. The summed E-state index contributed by atoms with van der Waals surface area (Å²) in [4.78, 5) is 37.6. The summed E-state index contributed by atoms with van der Waals surface area (Å²) in [5.74, 6) is 0.894. The second-order valence-corrected chi connectivity index (χ2v) is 13.2. The zero-order valence-electron chi connectivity index (χ0n) is 28.4. The molecule has 0 unspecified atom stereocenters. The number of phenolic OH excluding ortho intramolecular Hbond substituents is 1. The van der Waals surface area contributed by atoms with Gasteiger partial charge in [0.2, 0.25) is 6.79 Å². The SMILES string of the molecule is CC(C)c1cc(N(C(=O)c2cc(-c3cc4c(cc3C(=O)N3Cc5ccccc5C[C@H]3C)OCO4)n3ccccc23)c2ccc(O)cc2)ccn1.Cl. The summed E-state index contributed by atoms with van der Waals surface area (Å²) in [7, 11) is 0. The third-order valence-corrected chi connectivity index (χ3v) is 9.62. The average Bonchev–Trinajstić information content (AvgIpc) is 3.76. The molecule has 2 aliphatic rings. The number of hydrogen-bond acceptors (Lipinski definition) is 6. The number of pyridine rings is 2. The van der Waals surface area contributed by atoms with Crippen LogP contribution < -0.4 is 14.4 Å². The molecule has 0 fully saturated rings. The predicted molar refractivity (Wildman–Crippen MR) is 199 cm³/mol. The average molecular weight is 701 g/mol. The molecule has 2 amide bonds. The molecule has 1 atom stereocenters. The van der Waals surface area contributed by atoms with E-state index in [0.717, 1.165) is 17.7 Å². The van der Waals surface area contributed by atoms with Gasteiger partial charge < -0.3 is 23.9 Å². The van der Waals surface area contributed by atoms with Gasteiger partial charge in [-0.05, 0) is 97.1 Å². The van der Waals surface area contributed by atoms with Crippen molar-refractivity contribution in [2.24, 2.45) is 0 Å². The number of rotatable bonds is 6. The minimum absolute atomic E-state index is 0. The van der Waals surface area contributed by atoms with E-state index in [1.165, 1.54) is 5.56 Å². The Balaban J connectivity index is 0.00000406. The summed E-state index contributed by atoms with van der Waals surface area (Å²) in [5.41, 5.74) is 7.34. The highest BCUT2D eigenvalue weighted by molar-refractivity contribution is 6.16. The van der Waals surface area contributed by atoms with Crippen LogP contribution in [0.4, 0.5) is 11.4 Å². The first-order chi connectivity index (χ1) is 24.3. The van der Waals surface area contributed by atoms with Gasteiger partial charge in [0, 0.05) is 41.9 Å². The molecule has 10 heteroatoms. The maximum absolute atomic E-state index is 14.9. The Morgan fingerprint density at radius 1 is 0.863 bits per heavy atom. The van der Waals surface area contributed by atoms with Crippen LogP contribution >= 0.6 is 12.4 Å². The summed E-state index contributed by atoms with van der Waals surface area (Å²) >= 11 is 0. The fourth-order valence-corrected chi connectivity index (χ4v) is 6.97. The van der Waals surface area contributed by atoms with Gasteiger partial charge in [-0.25, -0.2) is 0 Å². The highest BCUT2D eigenvalue weighted by Crippen LogP contribution is 2.42. The van der Waals surface area contributed by atoms with Crippen LogP contribution in [-0.2, 0) is 13.0 Å². The number of carbonyl (C=O) groups excluding carboxylic acids is 2. The quantitative estimate of drug-likeness (QED) is 0.187. The molecule has 0 saturated heterocycles. The van der Waals surface area contributed by atoms with Gasteiger partial charge in [0.1, 0.15) is 5.75 Å². The van der Waals surface area contributed by atoms with Crippen molar-refractivity contribution in [3.05, 3.63) is 137 Å². The highest BCUT2D eigenvalue weighted by Gasteiger charge is 2.33. The summed E-state index contributed by atoms with van der Waals surface area (Å²) in [5, 5.41) is 10.1. The van der Waals surface area contributed by atoms with Crippen molar-refractivity contribution >= 4 is 41.1 Å². The van der Waals surface area contributed by atoms with Crippen LogP contribution in [0.25, 0.3) is 16.8 Å². The molecule has 0 radical (unpaired) electrons. The maximum Gasteiger partial charge on any atom is 0.265 e. The second kappa shape index (κ2) is 13.5. The van der Waals surface area contributed by atoms with Crippen LogP contribution in [-0.4, -0.2) is 44.0 Å². The van der Waals surface area contributed by atoms with Crippen LogP contribution in [0.1, 0.15) is 64.2 Å². The second-order valence-electron chi connectivity index (χ2n) is 13.2. The lowest BCUT2D eigenvalue weighted by Gasteiger charge is -2.35. The van der Waals surface area contributed by atoms with Crippen molar-refractivity contribution < 1.29 is 24.2 Å². The van der Waals surface area contributed by atoms with E-state index in [4.69, 9.17) is 9.47 Å². The summed E-state index contributed by atoms with van der Waals surface area (Å²) in [6, 6.07) is 29.7. The fraction of sp³-hybridized carbons (Fsp3) is 0.195. The van der Waals surface area contributed by atoms with Crippen LogP contribution in [0.5, 0.6) is 17.2 Å². The number of carbonyl (C=O) groups is 2. The minimum atomic E-state index is -0.276. The van der Waals surface area contributed by atoms with Gasteiger partial charge in [-0.3, -0.25) is 19.5 Å². The molecule has 0 saturated carbocycles. The van der Waals surface area contributed by atoms with Gasteiger partial charge >= 0.3 is 0 Å². The van der Waals surface area contributed by atoms with Gasteiger partial charge in [0.15, 0.2) is 11.5 Å². The van der Waals surface area contributed by atoms with Gasteiger partial charge in [-0.15, -0.1) is 12.4 Å². The molecule has 0 spiro atoms. The van der Waals surface area contributed by atoms with E-state index in [1.54, 1.807) is 41.4 Å². The van der Waals surface area contributed by atoms with Gasteiger partial charge in [0.25, 0.3) is 11.8 Å². The number of anilines is 2. The normalized spacial score (nSPS) is 14.7. The third-order valence-electron chi connectivity index (χ3n) is 9.62. The third kappa shape index (κ3) is 6.04. The van der Waals surface area contributed by atoms with E-state index in [1.807, 2.05) is 70.1 Å². The lowest BCUT2D eigenvalue weighted by Crippen LogP contribution is -2.42. The Morgan fingerprint density at radius 2 is 1.59 bits per heavy atom. The predicted octanol–water partition coefficient (Wildman–Crippen LogP) is 8.55. The number of ether oxygens (including phenoxy) is 2. The summed E-state index contributed by atoms with van der Waals surface area (Å²) in [6.07, 6.45) is 4.36. The highest BCUT2D eigenvalue weighted by atomic mass is 35.5. The van der Waals surface area contributed by atoms with Crippen molar-refractivity contribution in [3.8, 4) is 28.5 Å². The Bertz CT molecular complexity index is 2280. The van der Waals surface area contributed by atoms with Crippen LogP contribution in [0.2, 0.25) is 0 Å². The molecule has 0 aliphatic carbocycles. The summed E-state index contributed by atoms with van der Waals surface area (Å²) in [6.45, 7) is 6.74. The van der Waals surface area contributed by atoms with Crippen molar-refractivity contribution in [2.75, 3.05) is 11.7 Å². The minimum Gasteiger partial charge on any atom is -0.508 e. The van der Waals surface area contributed by atoms with Crippen molar-refractivity contribution in [1.82, 2.24) is 14.3 Å². The van der Waals surface area contributed by atoms with Crippen molar-refractivity contribution in [2.45, 2.75) is 45.7 Å². The molecule has 51 heavy (non-hydrogen) atoms. The van der Waals surface area contributed by atoms with E-state index in [0.29, 0.717) is 57.3 Å². The zero-order valence-corrected chi connectivity index (χ0v) is 29.3. The summed E-state index contributed by atoms with van der Waals surface area (Å²) < 4.78 is 13.5. The standard InChI is InChI=1S/C41H36N4O5.ClH/c1-25(2)35-19-30(15-16-42-35)45(29-11-13-31(46)14-12-29)41(48)34-20-37(43-17-7-6-10-36(34)43)32-21-38-39(50-24-49-38)22-33(32)40(47)44-23-28-9-5-4-8-27(28)18-26(44)3;/h4-17,19-22,25-26,46H,18,23-24H2,1-3H3;1H/t26-;/m1./s1. The number of halogens is 1. The zero-order chi connectivity index (χ0) is 34.5.